The monoisotopic (exact) mass is 258 g/mol. The van der Waals surface area contributed by atoms with Crippen molar-refractivity contribution in [2.75, 3.05) is 0 Å². The van der Waals surface area contributed by atoms with Gasteiger partial charge in [0.15, 0.2) is 0 Å². The summed E-state index contributed by atoms with van der Waals surface area (Å²) in [6, 6.07) is 7.26. The molecule has 1 N–H and O–H groups in total. The highest BCUT2D eigenvalue weighted by Gasteiger charge is 2.16. The Balaban J connectivity index is 2.51. The highest BCUT2D eigenvalue weighted by Crippen LogP contribution is 2.20. The van der Waals surface area contributed by atoms with Crippen LogP contribution in [-0.4, -0.2) is 14.4 Å². The molecule has 0 aliphatic carbocycles. The second-order valence-corrected chi connectivity index (χ2v) is 4.79. The molecule has 19 heavy (non-hydrogen) atoms. The molecule has 2 aromatic heterocycles. The van der Waals surface area contributed by atoms with E-state index in [1.54, 1.807) is 12.1 Å². The number of hydrogen-bond acceptors (Lipinski definition) is 2. The first-order valence-corrected chi connectivity index (χ1v) is 6.38. The van der Waals surface area contributed by atoms with E-state index in [9.17, 15) is 4.79 Å². The standard InChI is InChI=1S/C15H17N3O/c1-4-9(2)13-10(3)14(19)18-12-8-6-5-7-11(12)16-15(18)17-13/h5-9H,4H2,1-3H3,(H,16,17)/t9-/m1/s1/i3D3. The minimum absolute atomic E-state index is 0.0977. The van der Waals surface area contributed by atoms with Gasteiger partial charge in [-0.1, -0.05) is 26.0 Å². The number of benzene rings is 1. The van der Waals surface area contributed by atoms with Crippen LogP contribution in [0.2, 0.25) is 0 Å². The van der Waals surface area contributed by atoms with Gasteiger partial charge >= 0.3 is 0 Å². The fraction of sp³-hybridized carbons (Fsp3) is 0.333. The first kappa shape index (κ1) is 8.91. The lowest BCUT2D eigenvalue weighted by Gasteiger charge is -2.10. The van der Waals surface area contributed by atoms with E-state index in [1.165, 1.54) is 4.40 Å². The van der Waals surface area contributed by atoms with Crippen LogP contribution in [-0.2, 0) is 0 Å². The summed E-state index contributed by atoms with van der Waals surface area (Å²) < 4.78 is 24.5. The minimum Gasteiger partial charge on any atom is -0.323 e. The number of aromatic nitrogens is 3. The van der Waals surface area contributed by atoms with Gasteiger partial charge in [-0.05, 0) is 31.3 Å². The van der Waals surface area contributed by atoms with Crippen molar-refractivity contribution in [2.45, 2.75) is 33.0 Å². The second kappa shape index (κ2) is 4.23. The predicted molar refractivity (Wildman–Crippen MR) is 76.8 cm³/mol. The number of hydrogen-bond donors (Lipinski definition) is 1. The molecule has 0 fully saturated rings. The Morgan fingerprint density at radius 3 is 3.00 bits per heavy atom. The highest BCUT2D eigenvalue weighted by atomic mass is 16.1. The van der Waals surface area contributed by atoms with Gasteiger partial charge in [-0.15, -0.1) is 0 Å². The molecular formula is C15H17N3O. The quantitative estimate of drug-likeness (QED) is 0.768. The first-order valence-electron chi connectivity index (χ1n) is 7.88. The molecule has 0 amide bonds. The Bertz CT molecular complexity index is 908. The molecule has 0 saturated carbocycles. The van der Waals surface area contributed by atoms with Gasteiger partial charge in [0.25, 0.3) is 5.56 Å². The van der Waals surface area contributed by atoms with E-state index in [1.807, 2.05) is 26.0 Å². The van der Waals surface area contributed by atoms with Gasteiger partial charge < -0.3 is 4.98 Å². The molecule has 0 saturated heterocycles. The summed E-state index contributed by atoms with van der Waals surface area (Å²) in [7, 11) is 0. The van der Waals surface area contributed by atoms with Gasteiger partial charge in [-0.25, -0.2) is 9.38 Å². The Morgan fingerprint density at radius 2 is 2.26 bits per heavy atom. The van der Waals surface area contributed by atoms with Crippen LogP contribution in [0.1, 0.15) is 41.6 Å². The molecule has 1 aromatic carbocycles. The summed E-state index contributed by atoms with van der Waals surface area (Å²) in [5.74, 6) is 0.286. The zero-order chi connectivity index (χ0) is 16.1. The van der Waals surface area contributed by atoms with Crippen molar-refractivity contribution in [3.63, 3.8) is 0 Å². The van der Waals surface area contributed by atoms with Crippen molar-refractivity contribution in [1.82, 2.24) is 14.4 Å². The molecule has 0 aliphatic rings. The fourth-order valence-electron chi connectivity index (χ4n) is 2.29. The molecule has 4 heteroatoms. The predicted octanol–water partition coefficient (Wildman–Crippen LogP) is 3.00. The Hall–Kier alpha value is -2.10. The Kier molecular flexibility index (Phi) is 1.98. The molecule has 0 aliphatic heterocycles. The van der Waals surface area contributed by atoms with Crippen LogP contribution >= 0.6 is 0 Å². The second-order valence-electron chi connectivity index (χ2n) is 4.79. The topological polar surface area (TPSA) is 50.2 Å². The number of imidazole rings is 1. The van der Waals surface area contributed by atoms with E-state index in [0.29, 0.717) is 23.4 Å². The number of aromatic amines is 1. The van der Waals surface area contributed by atoms with E-state index in [2.05, 4.69) is 9.97 Å². The summed E-state index contributed by atoms with van der Waals surface area (Å²) in [6.45, 7) is 1.35. The lowest BCUT2D eigenvalue weighted by atomic mass is 10.0. The number of fused-ring (bicyclic) bond motifs is 3. The van der Waals surface area contributed by atoms with E-state index < -0.39 is 12.4 Å². The lowest BCUT2D eigenvalue weighted by Crippen LogP contribution is -2.20. The minimum atomic E-state index is -2.48. The van der Waals surface area contributed by atoms with E-state index in [4.69, 9.17) is 4.11 Å². The van der Waals surface area contributed by atoms with Gasteiger partial charge in [0.05, 0.1) is 16.7 Å². The third-order valence-electron chi connectivity index (χ3n) is 3.58. The smallest absolute Gasteiger partial charge is 0.262 e. The summed E-state index contributed by atoms with van der Waals surface area (Å²) in [6.07, 6.45) is 0.714. The molecule has 1 atom stereocenters. The average molecular weight is 258 g/mol. The van der Waals surface area contributed by atoms with Crippen LogP contribution in [0.15, 0.2) is 29.1 Å². The Labute approximate surface area is 115 Å². The number of H-pyrrole nitrogens is 1. The number of para-hydroxylation sites is 2. The molecule has 4 nitrogen and oxygen atoms in total. The number of nitrogens with one attached hydrogen (secondary N) is 1. The third kappa shape index (κ3) is 1.67. The van der Waals surface area contributed by atoms with Crippen molar-refractivity contribution in [3.8, 4) is 0 Å². The summed E-state index contributed by atoms with van der Waals surface area (Å²) in [4.78, 5) is 20.4. The van der Waals surface area contributed by atoms with Gasteiger partial charge in [0.1, 0.15) is 0 Å². The van der Waals surface area contributed by atoms with Gasteiger partial charge in [-0.3, -0.25) is 4.79 Å². The Morgan fingerprint density at radius 1 is 1.47 bits per heavy atom. The normalized spacial score (nSPS) is 16.2. The largest absolute Gasteiger partial charge is 0.323 e. The lowest BCUT2D eigenvalue weighted by molar-refractivity contribution is 0.697. The summed E-state index contributed by atoms with van der Waals surface area (Å²) in [5, 5.41) is 0. The molecule has 0 bridgehead atoms. The van der Waals surface area contributed by atoms with Crippen molar-refractivity contribution in [1.29, 1.82) is 0 Å². The van der Waals surface area contributed by atoms with Crippen LogP contribution in [0.3, 0.4) is 0 Å². The third-order valence-corrected chi connectivity index (χ3v) is 3.58. The molecule has 0 unspecified atom stereocenters. The fourth-order valence-corrected chi connectivity index (χ4v) is 2.29. The maximum Gasteiger partial charge on any atom is 0.262 e. The average Bonchev–Trinajstić information content (AvgIpc) is 2.83. The van der Waals surface area contributed by atoms with E-state index >= 15 is 0 Å². The zero-order valence-electron chi connectivity index (χ0n) is 13.9. The van der Waals surface area contributed by atoms with Crippen molar-refractivity contribution in [3.05, 3.63) is 45.9 Å². The van der Waals surface area contributed by atoms with Crippen LogP contribution in [0.4, 0.5) is 0 Å². The molecule has 2 heterocycles. The maximum atomic E-state index is 12.8. The van der Waals surface area contributed by atoms with Gasteiger partial charge in [0.2, 0.25) is 5.78 Å². The molecule has 3 rings (SSSR count). The molecule has 3 aromatic rings. The highest BCUT2D eigenvalue weighted by molar-refractivity contribution is 5.79. The number of rotatable bonds is 2. The molecule has 98 valence electrons. The van der Waals surface area contributed by atoms with Gasteiger partial charge in [-0.2, -0.15) is 0 Å². The van der Waals surface area contributed by atoms with Crippen LogP contribution in [0.25, 0.3) is 16.8 Å². The van der Waals surface area contributed by atoms with Crippen LogP contribution in [0.5, 0.6) is 0 Å². The first-order chi connectivity index (χ1) is 10.3. The van der Waals surface area contributed by atoms with Crippen molar-refractivity contribution >= 4 is 16.8 Å². The van der Waals surface area contributed by atoms with Crippen LogP contribution < -0.4 is 5.56 Å². The molecule has 0 radical (unpaired) electrons. The molecular weight excluding hydrogens is 238 g/mol. The van der Waals surface area contributed by atoms with E-state index in [-0.39, 0.29) is 11.5 Å². The maximum absolute atomic E-state index is 12.8. The SMILES string of the molecule is [2H]C([2H])([2H])c1c([C@H](C)CC)nc2[nH]c3ccccc3n2c1=O. The van der Waals surface area contributed by atoms with E-state index in [0.717, 1.165) is 5.52 Å². The summed E-state index contributed by atoms with van der Waals surface area (Å²) >= 11 is 0. The zero-order valence-corrected chi connectivity index (χ0v) is 10.9. The van der Waals surface area contributed by atoms with Crippen LogP contribution in [0, 0.1) is 6.85 Å². The van der Waals surface area contributed by atoms with Crippen molar-refractivity contribution < 1.29 is 4.11 Å². The van der Waals surface area contributed by atoms with Gasteiger partial charge in [0, 0.05) is 9.68 Å². The summed E-state index contributed by atoms with van der Waals surface area (Å²) in [5.41, 5.74) is 1.06. The molecule has 0 spiro atoms. The van der Waals surface area contributed by atoms with Crippen molar-refractivity contribution in [2.24, 2.45) is 0 Å². The number of nitrogens with zero attached hydrogens (tertiary/aromatic N) is 2.